The molecule has 0 aliphatic carbocycles. The Morgan fingerprint density at radius 2 is 1.70 bits per heavy atom. The van der Waals surface area contributed by atoms with Crippen LogP contribution in [0.2, 0.25) is 0 Å². The second-order valence-electron chi connectivity index (χ2n) is 7.23. The molecule has 2 amide bonds. The van der Waals surface area contributed by atoms with Crippen molar-refractivity contribution in [2.24, 2.45) is 0 Å². The van der Waals surface area contributed by atoms with Crippen LogP contribution in [0.1, 0.15) is 37.8 Å². The summed E-state index contributed by atoms with van der Waals surface area (Å²) in [5.41, 5.74) is 4.67. The van der Waals surface area contributed by atoms with E-state index in [4.69, 9.17) is 0 Å². The molecule has 0 aliphatic rings. The van der Waals surface area contributed by atoms with Gasteiger partial charge < -0.3 is 10.6 Å². The van der Waals surface area contributed by atoms with Crippen molar-refractivity contribution in [1.29, 1.82) is 0 Å². The third-order valence-corrected chi connectivity index (χ3v) is 4.82. The lowest BCUT2D eigenvalue weighted by Gasteiger charge is -2.05. The van der Waals surface area contributed by atoms with E-state index in [0.29, 0.717) is 17.7 Å². The molecule has 2 heterocycles. The van der Waals surface area contributed by atoms with E-state index in [1.165, 1.54) is 0 Å². The van der Waals surface area contributed by atoms with E-state index >= 15 is 0 Å². The minimum atomic E-state index is -0.376. The number of carbonyl (C=O) groups excluding carboxylic acids is 2. The Bertz CT molecular complexity index is 1230. The lowest BCUT2D eigenvalue weighted by Crippen LogP contribution is -2.23. The number of fused-ring (bicyclic) bond motifs is 1. The summed E-state index contributed by atoms with van der Waals surface area (Å²) in [4.78, 5) is 30.1. The van der Waals surface area contributed by atoms with Crippen LogP contribution < -0.4 is 10.6 Å². The van der Waals surface area contributed by atoms with Crippen LogP contribution in [0.3, 0.4) is 0 Å². The van der Waals surface area contributed by atoms with E-state index in [1.807, 2.05) is 68.4 Å². The molecule has 0 bridgehead atoms. The van der Waals surface area contributed by atoms with Gasteiger partial charge in [-0.1, -0.05) is 48.0 Å². The average molecular weight is 398 g/mol. The zero-order valence-corrected chi connectivity index (χ0v) is 16.8. The molecule has 0 aliphatic heterocycles. The number of hydrogen-bond acceptors (Lipinski definition) is 3. The largest absolute Gasteiger partial charge is 0.347 e. The number of aryl methyl sites for hydroxylation is 2. The van der Waals surface area contributed by atoms with Gasteiger partial charge in [0.15, 0.2) is 5.69 Å². The van der Waals surface area contributed by atoms with Crippen molar-refractivity contribution in [3.05, 3.63) is 101 Å². The summed E-state index contributed by atoms with van der Waals surface area (Å²) in [6, 6.07) is 20.9. The highest BCUT2D eigenvalue weighted by Crippen LogP contribution is 2.16. The fourth-order valence-corrected chi connectivity index (χ4v) is 3.25. The number of nitrogens with zero attached hydrogens (tertiary/aromatic N) is 2. The third kappa shape index (κ3) is 4.07. The fraction of sp³-hybridized carbons (Fsp3) is 0.125. The second-order valence-corrected chi connectivity index (χ2v) is 7.23. The van der Waals surface area contributed by atoms with Crippen LogP contribution in [0.5, 0.6) is 0 Å². The van der Waals surface area contributed by atoms with E-state index < -0.39 is 0 Å². The van der Waals surface area contributed by atoms with Crippen LogP contribution in [0, 0.1) is 13.8 Å². The number of carbonyl (C=O) groups is 2. The monoisotopic (exact) mass is 398 g/mol. The Balaban J connectivity index is 1.59. The molecule has 2 aromatic carbocycles. The van der Waals surface area contributed by atoms with E-state index in [-0.39, 0.29) is 23.3 Å². The number of pyridine rings is 1. The molecular formula is C24H22N4O2. The number of imidazole rings is 1. The first-order valence-corrected chi connectivity index (χ1v) is 9.70. The molecule has 30 heavy (non-hydrogen) atoms. The number of anilines is 1. The van der Waals surface area contributed by atoms with Crippen LogP contribution in [0.4, 0.5) is 5.69 Å². The van der Waals surface area contributed by atoms with Gasteiger partial charge in [-0.05, 0) is 49.2 Å². The zero-order chi connectivity index (χ0) is 21.1. The van der Waals surface area contributed by atoms with Crippen molar-refractivity contribution in [2.45, 2.75) is 20.4 Å². The number of hydrogen-bond donors (Lipinski definition) is 2. The van der Waals surface area contributed by atoms with E-state index in [0.717, 1.165) is 16.7 Å². The molecule has 0 fully saturated rings. The molecule has 4 aromatic rings. The smallest absolute Gasteiger partial charge is 0.292 e. The van der Waals surface area contributed by atoms with E-state index in [1.54, 1.807) is 22.7 Å². The van der Waals surface area contributed by atoms with Gasteiger partial charge in [-0.2, -0.15) is 0 Å². The van der Waals surface area contributed by atoms with Gasteiger partial charge in [-0.25, -0.2) is 4.98 Å². The van der Waals surface area contributed by atoms with Gasteiger partial charge in [0, 0.05) is 18.4 Å². The summed E-state index contributed by atoms with van der Waals surface area (Å²) in [6.45, 7) is 4.36. The Labute approximate surface area is 174 Å². The van der Waals surface area contributed by atoms with Crippen molar-refractivity contribution in [1.82, 2.24) is 14.7 Å². The highest BCUT2D eigenvalue weighted by Gasteiger charge is 2.21. The molecule has 2 aromatic heterocycles. The first-order valence-electron chi connectivity index (χ1n) is 9.70. The lowest BCUT2D eigenvalue weighted by atomic mass is 10.1. The first-order chi connectivity index (χ1) is 14.5. The van der Waals surface area contributed by atoms with Gasteiger partial charge in [-0.15, -0.1) is 0 Å². The molecule has 6 nitrogen and oxygen atoms in total. The van der Waals surface area contributed by atoms with Crippen LogP contribution in [0.15, 0.2) is 72.9 Å². The van der Waals surface area contributed by atoms with E-state index in [2.05, 4.69) is 15.6 Å². The summed E-state index contributed by atoms with van der Waals surface area (Å²) < 4.78 is 1.63. The molecule has 150 valence electrons. The van der Waals surface area contributed by atoms with Gasteiger partial charge in [0.1, 0.15) is 0 Å². The molecule has 0 saturated heterocycles. The van der Waals surface area contributed by atoms with E-state index in [9.17, 15) is 9.59 Å². The standard InChI is InChI=1S/C24H22N4O2/c1-16-9-11-18(12-10-16)15-25-23(29)21-20-8-3-4-13-28(20)22(27-21)24(30)26-19-7-5-6-17(2)14-19/h3-14H,15H2,1-2H3,(H,25,29)(H,26,30). The Hall–Kier alpha value is -3.93. The van der Waals surface area contributed by atoms with Gasteiger partial charge >= 0.3 is 0 Å². The van der Waals surface area contributed by atoms with Gasteiger partial charge in [0.25, 0.3) is 11.8 Å². The maximum Gasteiger partial charge on any atom is 0.292 e. The Morgan fingerprint density at radius 1 is 0.900 bits per heavy atom. The summed E-state index contributed by atoms with van der Waals surface area (Å²) in [5, 5.41) is 5.74. The maximum absolute atomic E-state index is 12.9. The highest BCUT2D eigenvalue weighted by atomic mass is 16.2. The quantitative estimate of drug-likeness (QED) is 0.531. The van der Waals surface area contributed by atoms with Crippen molar-refractivity contribution in [3.8, 4) is 0 Å². The SMILES string of the molecule is Cc1ccc(CNC(=O)c2nc(C(=O)Nc3cccc(C)c3)n3ccccc23)cc1. The van der Waals surface area contributed by atoms with Gasteiger partial charge in [0.05, 0.1) is 5.52 Å². The average Bonchev–Trinajstić information content (AvgIpc) is 3.13. The summed E-state index contributed by atoms with van der Waals surface area (Å²) >= 11 is 0. The molecule has 0 saturated carbocycles. The Morgan fingerprint density at radius 3 is 2.47 bits per heavy atom. The fourth-order valence-electron chi connectivity index (χ4n) is 3.25. The topological polar surface area (TPSA) is 75.5 Å². The molecule has 0 spiro atoms. The Kier molecular flexibility index (Phi) is 5.30. The summed E-state index contributed by atoms with van der Waals surface area (Å²) in [7, 11) is 0. The number of aromatic nitrogens is 2. The minimum Gasteiger partial charge on any atom is -0.347 e. The van der Waals surface area contributed by atoms with Crippen molar-refractivity contribution >= 4 is 23.0 Å². The van der Waals surface area contributed by atoms with Crippen LogP contribution in [0.25, 0.3) is 5.52 Å². The maximum atomic E-state index is 12.9. The molecule has 0 unspecified atom stereocenters. The van der Waals surface area contributed by atoms with Crippen LogP contribution in [-0.4, -0.2) is 21.2 Å². The van der Waals surface area contributed by atoms with Gasteiger partial charge in [-0.3, -0.25) is 14.0 Å². The molecule has 2 N–H and O–H groups in total. The van der Waals surface area contributed by atoms with Crippen molar-refractivity contribution in [2.75, 3.05) is 5.32 Å². The number of benzene rings is 2. The molecule has 6 heteroatoms. The highest BCUT2D eigenvalue weighted by molar-refractivity contribution is 6.06. The summed E-state index contributed by atoms with van der Waals surface area (Å²) in [5.74, 6) is -0.541. The first kappa shape index (κ1) is 19.4. The number of rotatable bonds is 5. The predicted octanol–water partition coefficient (Wildman–Crippen LogP) is 4.13. The normalized spacial score (nSPS) is 10.7. The van der Waals surface area contributed by atoms with Crippen molar-refractivity contribution in [3.63, 3.8) is 0 Å². The third-order valence-electron chi connectivity index (χ3n) is 4.82. The zero-order valence-electron chi connectivity index (χ0n) is 16.8. The molecule has 0 atom stereocenters. The molecular weight excluding hydrogens is 376 g/mol. The lowest BCUT2D eigenvalue weighted by molar-refractivity contribution is 0.0948. The van der Waals surface area contributed by atoms with Gasteiger partial charge in [0.2, 0.25) is 5.82 Å². The number of nitrogens with one attached hydrogen (secondary N) is 2. The predicted molar refractivity (Wildman–Crippen MR) is 117 cm³/mol. The molecule has 4 rings (SSSR count). The van der Waals surface area contributed by atoms with Crippen molar-refractivity contribution < 1.29 is 9.59 Å². The minimum absolute atomic E-state index is 0.160. The van der Waals surface area contributed by atoms with Crippen LogP contribution >= 0.6 is 0 Å². The second kappa shape index (κ2) is 8.21. The molecule has 0 radical (unpaired) electrons. The van der Waals surface area contributed by atoms with Crippen LogP contribution in [-0.2, 0) is 6.54 Å². The number of amides is 2. The summed E-state index contributed by atoms with van der Waals surface area (Å²) in [6.07, 6.45) is 1.73.